The van der Waals surface area contributed by atoms with Crippen molar-refractivity contribution in [3.63, 3.8) is 0 Å². The van der Waals surface area contributed by atoms with Gasteiger partial charge in [0.2, 0.25) is 0 Å². The molecule has 0 radical (unpaired) electrons. The molecule has 0 aromatic rings. The molecule has 0 aliphatic heterocycles. The van der Waals surface area contributed by atoms with E-state index in [1.165, 1.54) is 0 Å². The summed E-state index contributed by atoms with van der Waals surface area (Å²) in [4.78, 5) is 0. The molecule has 0 spiro atoms. The summed E-state index contributed by atoms with van der Waals surface area (Å²) in [6.45, 7) is 3.37. The summed E-state index contributed by atoms with van der Waals surface area (Å²) < 4.78 is 0. The first-order chi connectivity index (χ1) is 5.68. The van der Waals surface area contributed by atoms with Crippen LogP contribution in [0.15, 0.2) is 0 Å². The molecule has 1 rings (SSSR count). The zero-order valence-electron chi connectivity index (χ0n) is 7.66. The molecule has 3 atom stereocenters. The fourth-order valence-electron chi connectivity index (χ4n) is 1.73. The van der Waals surface area contributed by atoms with E-state index in [1.54, 1.807) is 6.92 Å². The average molecular weight is 173 g/mol. The minimum absolute atomic E-state index is 0.0802. The number of aliphatic hydroxyl groups excluding tert-OH is 2. The van der Waals surface area contributed by atoms with Crippen molar-refractivity contribution in [1.82, 2.24) is 5.32 Å². The molecule has 0 heterocycles. The Kier molecular flexibility index (Phi) is 3.98. The minimum Gasteiger partial charge on any atom is -0.393 e. The number of aliphatic hydroxyl groups is 2. The summed E-state index contributed by atoms with van der Waals surface area (Å²) in [5, 5.41) is 21.4. The third-order valence-corrected chi connectivity index (χ3v) is 2.39. The lowest BCUT2D eigenvalue weighted by Crippen LogP contribution is -2.28. The number of nitrogens with one attached hydrogen (secondary N) is 1. The lowest BCUT2D eigenvalue weighted by Gasteiger charge is -2.11. The Balaban J connectivity index is 2.00. The molecule has 0 amide bonds. The van der Waals surface area contributed by atoms with Crippen molar-refractivity contribution in [2.45, 2.75) is 38.4 Å². The molecule has 3 N–H and O–H groups in total. The molecular weight excluding hydrogens is 154 g/mol. The van der Waals surface area contributed by atoms with Gasteiger partial charge in [-0.05, 0) is 38.6 Å². The monoisotopic (exact) mass is 173 g/mol. The minimum atomic E-state index is -0.267. The van der Waals surface area contributed by atoms with E-state index in [1.807, 2.05) is 0 Å². The maximum atomic E-state index is 9.23. The SMILES string of the molecule is CC(O)CNCC1CCC(O)C1. The van der Waals surface area contributed by atoms with Crippen LogP contribution >= 0.6 is 0 Å². The molecule has 1 aliphatic rings. The van der Waals surface area contributed by atoms with E-state index in [9.17, 15) is 5.11 Å². The van der Waals surface area contributed by atoms with Crippen molar-refractivity contribution < 1.29 is 10.2 Å². The van der Waals surface area contributed by atoms with E-state index in [-0.39, 0.29) is 12.2 Å². The molecule has 1 saturated carbocycles. The van der Waals surface area contributed by atoms with Crippen molar-refractivity contribution >= 4 is 0 Å². The predicted octanol–water partition coefficient (Wildman–Crippen LogP) is 0.118. The first kappa shape index (κ1) is 9.96. The van der Waals surface area contributed by atoms with Crippen LogP contribution in [0.4, 0.5) is 0 Å². The second-order valence-corrected chi connectivity index (χ2v) is 3.84. The van der Waals surface area contributed by atoms with E-state index in [0.717, 1.165) is 25.8 Å². The number of hydrogen-bond acceptors (Lipinski definition) is 3. The Morgan fingerprint density at radius 3 is 2.75 bits per heavy atom. The van der Waals surface area contributed by atoms with Crippen LogP contribution in [-0.2, 0) is 0 Å². The van der Waals surface area contributed by atoms with Crippen molar-refractivity contribution in [1.29, 1.82) is 0 Å². The van der Waals surface area contributed by atoms with E-state index in [2.05, 4.69) is 5.32 Å². The number of hydrogen-bond donors (Lipinski definition) is 3. The average Bonchev–Trinajstić information content (AvgIpc) is 2.35. The van der Waals surface area contributed by atoms with Gasteiger partial charge in [-0.15, -0.1) is 0 Å². The van der Waals surface area contributed by atoms with E-state index >= 15 is 0 Å². The fraction of sp³-hybridized carbons (Fsp3) is 1.00. The van der Waals surface area contributed by atoms with E-state index in [0.29, 0.717) is 12.5 Å². The van der Waals surface area contributed by atoms with Gasteiger partial charge in [-0.1, -0.05) is 0 Å². The first-order valence-electron chi connectivity index (χ1n) is 4.75. The molecule has 72 valence electrons. The molecule has 0 saturated heterocycles. The Hall–Kier alpha value is -0.120. The van der Waals surface area contributed by atoms with Gasteiger partial charge >= 0.3 is 0 Å². The van der Waals surface area contributed by atoms with Gasteiger partial charge in [0, 0.05) is 6.54 Å². The van der Waals surface area contributed by atoms with Gasteiger partial charge in [0.1, 0.15) is 0 Å². The lowest BCUT2D eigenvalue weighted by atomic mass is 10.1. The fourth-order valence-corrected chi connectivity index (χ4v) is 1.73. The van der Waals surface area contributed by atoms with Crippen molar-refractivity contribution in [3.05, 3.63) is 0 Å². The van der Waals surface area contributed by atoms with Crippen LogP contribution in [0.1, 0.15) is 26.2 Å². The third-order valence-electron chi connectivity index (χ3n) is 2.39. The summed E-state index contributed by atoms with van der Waals surface area (Å²) in [6.07, 6.45) is 2.64. The number of rotatable bonds is 4. The highest BCUT2D eigenvalue weighted by Gasteiger charge is 2.21. The lowest BCUT2D eigenvalue weighted by molar-refractivity contribution is 0.174. The first-order valence-corrected chi connectivity index (χ1v) is 4.75. The van der Waals surface area contributed by atoms with Crippen molar-refractivity contribution in [2.24, 2.45) is 5.92 Å². The Morgan fingerprint density at radius 1 is 1.50 bits per heavy atom. The summed E-state index contributed by atoms with van der Waals surface area (Å²) >= 11 is 0. The maximum absolute atomic E-state index is 9.23. The van der Waals surface area contributed by atoms with Crippen LogP contribution in [0.5, 0.6) is 0 Å². The Bertz CT molecular complexity index is 128. The summed E-state index contributed by atoms with van der Waals surface area (Å²) in [5.74, 6) is 0.610. The molecule has 1 aliphatic carbocycles. The molecular formula is C9H19NO2. The quantitative estimate of drug-likeness (QED) is 0.566. The summed E-state index contributed by atoms with van der Waals surface area (Å²) in [5.41, 5.74) is 0. The highest BCUT2D eigenvalue weighted by atomic mass is 16.3. The van der Waals surface area contributed by atoms with Crippen molar-refractivity contribution in [3.8, 4) is 0 Å². The molecule has 0 aromatic carbocycles. The van der Waals surface area contributed by atoms with Gasteiger partial charge in [0.25, 0.3) is 0 Å². The largest absolute Gasteiger partial charge is 0.393 e. The van der Waals surface area contributed by atoms with Crippen LogP contribution in [0, 0.1) is 5.92 Å². The van der Waals surface area contributed by atoms with Crippen LogP contribution in [0.2, 0.25) is 0 Å². The molecule has 0 bridgehead atoms. The third kappa shape index (κ3) is 3.52. The van der Waals surface area contributed by atoms with Gasteiger partial charge in [0.05, 0.1) is 12.2 Å². The highest BCUT2D eigenvalue weighted by molar-refractivity contribution is 4.76. The van der Waals surface area contributed by atoms with Gasteiger partial charge in [0.15, 0.2) is 0 Å². The van der Waals surface area contributed by atoms with Crippen LogP contribution in [0.3, 0.4) is 0 Å². The molecule has 0 aromatic heterocycles. The normalized spacial score (nSPS) is 32.2. The topological polar surface area (TPSA) is 52.5 Å². The van der Waals surface area contributed by atoms with Crippen molar-refractivity contribution in [2.75, 3.05) is 13.1 Å². The van der Waals surface area contributed by atoms with Crippen LogP contribution in [0.25, 0.3) is 0 Å². The van der Waals surface area contributed by atoms with E-state index < -0.39 is 0 Å². The van der Waals surface area contributed by atoms with Crippen LogP contribution in [-0.4, -0.2) is 35.5 Å². The smallest absolute Gasteiger partial charge is 0.0636 e. The summed E-state index contributed by atoms with van der Waals surface area (Å²) in [7, 11) is 0. The Labute approximate surface area is 73.8 Å². The zero-order chi connectivity index (χ0) is 8.97. The second kappa shape index (κ2) is 4.80. The Morgan fingerprint density at radius 2 is 2.25 bits per heavy atom. The molecule has 3 heteroatoms. The van der Waals surface area contributed by atoms with Crippen LogP contribution < -0.4 is 5.32 Å². The molecule has 1 fully saturated rings. The maximum Gasteiger partial charge on any atom is 0.0636 e. The molecule has 3 unspecified atom stereocenters. The highest BCUT2D eigenvalue weighted by Crippen LogP contribution is 2.24. The summed E-state index contributed by atoms with van der Waals surface area (Å²) in [6, 6.07) is 0. The van der Waals surface area contributed by atoms with Gasteiger partial charge < -0.3 is 15.5 Å². The second-order valence-electron chi connectivity index (χ2n) is 3.84. The molecule has 3 nitrogen and oxygen atoms in total. The predicted molar refractivity (Wildman–Crippen MR) is 47.9 cm³/mol. The van der Waals surface area contributed by atoms with Gasteiger partial charge in [-0.2, -0.15) is 0 Å². The standard InChI is InChI=1S/C9H19NO2/c1-7(11)5-10-6-8-2-3-9(12)4-8/h7-12H,2-6H2,1H3. The van der Waals surface area contributed by atoms with Gasteiger partial charge in [-0.3, -0.25) is 0 Å². The van der Waals surface area contributed by atoms with Gasteiger partial charge in [-0.25, -0.2) is 0 Å². The molecule has 12 heavy (non-hydrogen) atoms. The van der Waals surface area contributed by atoms with E-state index in [4.69, 9.17) is 5.11 Å². The zero-order valence-corrected chi connectivity index (χ0v) is 7.66.